The SMILES string of the molecule is C=CCn1c(CSc2ccccc2)nn(CC(=O)c2ccc(Br)cc2)c1=S. The molecule has 0 saturated heterocycles. The summed E-state index contributed by atoms with van der Waals surface area (Å²) >= 11 is 10.6. The van der Waals surface area contributed by atoms with Gasteiger partial charge in [0.15, 0.2) is 10.6 Å². The van der Waals surface area contributed by atoms with E-state index in [1.807, 2.05) is 34.9 Å². The Labute approximate surface area is 176 Å². The summed E-state index contributed by atoms with van der Waals surface area (Å²) in [4.78, 5) is 13.7. The van der Waals surface area contributed by atoms with E-state index in [4.69, 9.17) is 12.2 Å². The third-order valence-electron chi connectivity index (χ3n) is 3.88. The Hall–Kier alpha value is -1.96. The summed E-state index contributed by atoms with van der Waals surface area (Å²) in [6, 6.07) is 17.4. The first-order chi connectivity index (χ1) is 13.1. The molecular weight excluding hydrogens is 442 g/mol. The van der Waals surface area contributed by atoms with E-state index < -0.39 is 0 Å². The maximum Gasteiger partial charge on any atom is 0.198 e. The van der Waals surface area contributed by atoms with Crippen LogP contribution >= 0.6 is 39.9 Å². The Morgan fingerprint density at radius 2 is 1.89 bits per heavy atom. The van der Waals surface area contributed by atoms with Gasteiger partial charge in [0, 0.05) is 21.5 Å². The summed E-state index contributed by atoms with van der Waals surface area (Å²) in [7, 11) is 0. The van der Waals surface area contributed by atoms with Gasteiger partial charge < -0.3 is 0 Å². The van der Waals surface area contributed by atoms with Crippen molar-refractivity contribution in [3.05, 3.63) is 87.9 Å². The van der Waals surface area contributed by atoms with Gasteiger partial charge in [-0.2, -0.15) is 5.10 Å². The number of carbonyl (C=O) groups excluding carboxylic acids is 1. The molecule has 138 valence electrons. The molecule has 3 aromatic rings. The normalized spacial score (nSPS) is 10.7. The van der Waals surface area contributed by atoms with Crippen LogP contribution in [-0.4, -0.2) is 20.1 Å². The quantitative estimate of drug-likeness (QED) is 0.192. The zero-order valence-electron chi connectivity index (χ0n) is 14.5. The van der Waals surface area contributed by atoms with Crippen molar-refractivity contribution in [3.63, 3.8) is 0 Å². The van der Waals surface area contributed by atoms with Crippen LogP contribution in [0.1, 0.15) is 16.2 Å². The van der Waals surface area contributed by atoms with Crippen LogP contribution in [0.25, 0.3) is 0 Å². The highest BCUT2D eigenvalue weighted by Gasteiger charge is 2.14. The second kappa shape index (κ2) is 9.30. The summed E-state index contributed by atoms with van der Waals surface area (Å²) in [5.41, 5.74) is 0.638. The second-order valence-electron chi connectivity index (χ2n) is 5.79. The Bertz CT molecular complexity index is 994. The van der Waals surface area contributed by atoms with Gasteiger partial charge in [-0.1, -0.05) is 52.3 Å². The van der Waals surface area contributed by atoms with E-state index in [1.54, 1.807) is 34.7 Å². The topological polar surface area (TPSA) is 39.8 Å². The van der Waals surface area contributed by atoms with E-state index in [1.165, 1.54) is 0 Å². The van der Waals surface area contributed by atoms with Gasteiger partial charge in [-0.25, -0.2) is 4.68 Å². The number of nitrogens with zero attached hydrogens (tertiary/aromatic N) is 3. The number of halogens is 1. The molecule has 0 aliphatic rings. The average Bonchev–Trinajstić information content (AvgIpc) is 2.97. The van der Waals surface area contributed by atoms with Crippen LogP contribution in [0.3, 0.4) is 0 Å². The monoisotopic (exact) mass is 459 g/mol. The highest BCUT2D eigenvalue weighted by Crippen LogP contribution is 2.22. The molecule has 0 fully saturated rings. The van der Waals surface area contributed by atoms with Crippen LogP contribution in [-0.2, 0) is 18.8 Å². The lowest BCUT2D eigenvalue weighted by Gasteiger charge is -2.03. The van der Waals surface area contributed by atoms with Crippen molar-refractivity contribution in [2.24, 2.45) is 0 Å². The molecule has 0 N–H and O–H groups in total. The van der Waals surface area contributed by atoms with E-state index in [0.717, 1.165) is 15.2 Å². The molecule has 2 aromatic carbocycles. The highest BCUT2D eigenvalue weighted by atomic mass is 79.9. The van der Waals surface area contributed by atoms with E-state index in [-0.39, 0.29) is 12.3 Å². The molecule has 0 unspecified atom stereocenters. The zero-order valence-corrected chi connectivity index (χ0v) is 17.8. The smallest absolute Gasteiger partial charge is 0.198 e. The maximum atomic E-state index is 12.6. The third-order valence-corrected chi connectivity index (χ3v) is 5.85. The number of thioether (sulfide) groups is 1. The molecule has 0 spiro atoms. The second-order valence-corrected chi connectivity index (χ2v) is 8.12. The lowest BCUT2D eigenvalue weighted by molar-refractivity contribution is 0.0967. The summed E-state index contributed by atoms with van der Waals surface area (Å²) in [5, 5.41) is 4.60. The van der Waals surface area contributed by atoms with E-state index in [0.29, 0.717) is 22.6 Å². The number of hydrogen-bond acceptors (Lipinski definition) is 4. The van der Waals surface area contributed by atoms with Crippen LogP contribution < -0.4 is 0 Å². The molecule has 0 saturated carbocycles. The van der Waals surface area contributed by atoms with Crippen molar-refractivity contribution in [3.8, 4) is 0 Å². The zero-order chi connectivity index (χ0) is 19.2. The van der Waals surface area contributed by atoms with Crippen molar-refractivity contribution in [2.75, 3.05) is 0 Å². The van der Waals surface area contributed by atoms with E-state index in [2.05, 4.69) is 39.7 Å². The Balaban J connectivity index is 1.81. The predicted octanol–water partition coefficient (Wildman–Crippen LogP) is 5.54. The number of carbonyl (C=O) groups is 1. The number of ketones is 1. The molecule has 0 bridgehead atoms. The molecule has 3 rings (SSSR count). The van der Waals surface area contributed by atoms with E-state index >= 15 is 0 Å². The van der Waals surface area contributed by atoms with Crippen molar-refractivity contribution in [1.29, 1.82) is 0 Å². The summed E-state index contributed by atoms with van der Waals surface area (Å²) in [6.45, 7) is 4.48. The molecule has 27 heavy (non-hydrogen) atoms. The molecule has 0 atom stereocenters. The van der Waals surface area contributed by atoms with E-state index in [9.17, 15) is 4.79 Å². The molecule has 1 aromatic heterocycles. The fraction of sp³-hybridized carbons (Fsp3) is 0.150. The van der Waals surface area contributed by atoms with Crippen LogP contribution in [0.15, 0.2) is 76.6 Å². The fourth-order valence-corrected chi connectivity index (χ4v) is 3.94. The van der Waals surface area contributed by atoms with Gasteiger partial charge in [-0.15, -0.1) is 18.3 Å². The molecule has 4 nitrogen and oxygen atoms in total. The predicted molar refractivity (Wildman–Crippen MR) is 116 cm³/mol. The summed E-state index contributed by atoms with van der Waals surface area (Å²) < 4.78 is 4.99. The van der Waals surface area contributed by atoms with Crippen LogP contribution in [0.2, 0.25) is 0 Å². The molecule has 1 heterocycles. The minimum Gasteiger partial charge on any atom is -0.299 e. The molecule has 0 radical (unpaired) electrons. The first-order valence-corrected chi connectivity index (χ1v) is 10.5. The number of allylic oxidation sites excluding steroid dienone is 1. The first kappa shape index (κ1) is 19.8. The minimum absolute atomic E-state index is 0.0240. The number of aromatic nitrogens is 3. The van der Waals surface area contributed by atoms with Crippen molar-refractivity contribution >= 4 is 45.7 Å². The van der Waals surface area contributed by atoms with Gasteiger partial charge in [0.2, 0.25) is 0 Å². The van der Waals surface area contributed by atoms with Gasteiger partial charge in [0.1, 0.15) is 12.4 Å². The standard InChI is InChI=1S/C20H18BrN3OS2/c1-2-12-23-19(14-27-17-6-4-3-5-7-17)22-24(20(23)26)13-18(25)15-8-10-16(21)11-9-15/h2-11H,1,12-14H2. The Morgan fingerprint density at radius 3 is 2.56 bits per heavy atom. The third kappa shape index (κ3) is 5.06. The van der Waals surface area contributed by atoms with Gasteiger partial charge in [-0.05, 0) is 36.5 Å². The number of hydrogen-bond donors (Lipinski definition) is 0. The number of benzene rings is 2. The molecule has 0 aliphatic carbocycles. The molecule has 7 heteroatoms. The van der Waals surface area contributed by atoms with Gasteiger partial charge in [0.05, 0.1) is 5.75 Å². The Morgan fingerprint density at radius 1 is 1.19 bits per heavy atom. The van der Waals surface area contributed by atoms with Crippen LogP contribution in [0.5, 0.6) is 0 Å². The summed E-state index contributed by atoms with van der Waals surface area (Å²) in [6.07, 6.45) is 1.79. The van der Waals surface area contributed by atoms with Crippen molar-refractivity contribution in [2.45, 2.75) is 23.7 Å². The molecular formula is C20H18BrN3OS2. The largest absolute Gasteiger partial charge is 0.299 e. The summed E-state index contributed by atoms with van der Waals surface area (Å²) in [5.74, 6) is 1.47. The molecule has 0 amide bonds. The minimum atomic E-state index is -0.0240. The van der Waals surface area contributed by atoms with Gasteiger partial charge >= 0.3 is 0 Å². The van der Waals surface area contributed by atoms with Gasteiger partial charge in [0.25, 0.3) is 0 Å². The Kier molecular flexibility index (Phi) is 6.82. The van der Waals surface area contributed by atoms with Crippen molar-refractivity contribution < 1.29 is 4.79 Å². The number of rotatable bonds is 8. The van der Waals surface area contributed by atoms with Crippen molar-refractivity contribution in [1.82, 2.24) is 14.3 Å². The first-order valence-electron chi connectivity index (χ1n) is 8.32. The van der Waals surface area contributed by atoms with Crippen LogP contribution in [0.4, 0.5) is 0 Å². The average molecular weight is 460 g/mol. The number of Topliss-reactive ketones (excluding diaryl/α,β-unsaturated/α-hetero) is 1. The lowest BCUT2D eigenvalue weighted by Crippen LogP contribution is -2.12. The molecule has 0 aliphatic heterocycles. The highest BCUT2D eigenvalue weighted by molar-refractivity contribution is 9.10. The van der Waals surface area contributed by atoms with Gasteiger partial charge in [-0.3, -0.25) is 9.36 Å². The fourth-order valence-electron chi connectivity index (χ4n) is 2.54. The maximum absolute atomic E-state index is 12.6. The van der Waals surface area contributed by atoms with Crippen LogP contribution in [0, 0.1) is 4.77 Å². The lowest BCUT2D eigenvalue weighted by atomic mass is 10.1.